The van der Waals surface area contributed by atoms with Crippen LogP contribution < -0.4 is 15.5 Å². The van der Waals surface area contributed by atoms with Crippen molar-refractivity contribution >= 4 is 46.3 Å². The highest BCUT2D eigenvalue weighted by atomic mass is 35.5. The highest BCUT2D eigenvalue weighted by Crippen LogP contribution is 2.38. The van der Waals surface area contributed by atoms with Crippen LogP contribution in [0, 0.1) is 0 Å². The van der Waals surface area contributed by atoms with Crippen molar-refractivity contribution in [3.05, 3.63) is 63.8 Å². The van der Waals surface area contributed by atoms with Gasteiger partial charge in [-0.05, 0) is 62.1 Å². The van der Waals surface area contributed by atoms with Gasteiger partial charge in [0.25, 0.3) is 5.91 Å². The molecule has 0 saturated carbocycles. The van der Waals surface area contributed by atoms with Crippen LogP contribution in [0.2, 0.25) is 5.02 Å². The number of halogens is 1. The first-order valence-electron chi connectivity index (χ1n) is 15.6. The Bertz CT molecular complexity index is 1510. The molecule has 6 rings (SSSR count). The summed E-state index contributed by atoms with van der Waals surface area (Å²) < 4.78 is 5.27. The van der Waals surface area contributed by atoms with Crippen LogP contribution in [0.25, 0.3) is 0 Å². The molecule has 11 heteroatoms. The van der Waals surface area contributed by atoms with Crippen LogP contribution in [0.4, 0.5) is 28.8 Å². The summed E-state index contributed by atoms with van der Waals surface area (Å²) in [5.74, 6) is 0.891. The van der Waals surface area contributed by atoms with Crippen molar-refractivity contribution in [3.63, 3.8) is 0 Å². The van der Waals surface area contributed by atoms with Crippen LogP contribution in [0.5, 0.6) is 0 Å². The number of piperazine rings is 1. The van der Waals surface area contributed by atoms with Gasteiger partial charge in [-0.2, -0.15) is 4.98 Å². The lowest BCUT2D eigenvalue weighted by molar-refractivity contribution is 0.0817. The number of carbonyl (C=O) groups excluding carboxylic acids is 1. The van der Waals surface area contributed by atoms with Gasteiger partial charge in [-0.1, -0.05) is 17.7 Å². The van der Waals surface area contributed by atoms with Crippen molar-refractivity contribution in [1.82, 2.24) is 24.7 Å². The molecular weight excluding hydrogens is 576 g/mol. The summed E-state index contributed by atoms with van der Waals surface area (Å²) in [6.07, 6.45) is 3.60. The Balaban J connectivity index is 1.20. The zero-order valence-corrected chi connectivity index (χ0v) is 27.0. The molecule has 2 aromatic carbocycles. The predicted molar refractivity (Wildman–Crippen MR) is 177 cm³/mol. The van der Waals surface area contributed by atoms with E-state index < -0.39 is 0 Å². The van der Waals surface area contributed by atoms with Crippen LogP contribution in [-0.2, 0) is 24.1 Å². The number of hydrogen-bond acceptors (Lipinski definition) is 9. The molecule has 0 aliphatic carbocycles. The van der Waals surface area contributed by atoms with Crippen LogP contribution in [-0.4, -0.2) is 103 Å². The van der Waals surface area contributed by atoms with E-state index in [9.17, 15) is 4.79 Å². The van der Waals surface area contributed by atoms with Crippen molar-refractivity contribution < 1.29 is 9.53 Å². The molecule has 1 aromatic heterocycles. The number of fused-ring (bicyclic) bond motifs is 2. The molecule has 0 spiro atoms. The zero-order chi connectivity index (χ0) is 30.8. The average molecular weight is 619 g/mol. The van der Waals surface area contributed by atoms with Gasteiger partial charge in [-0.3, -0.25) is 9.69 Å². The van der Waals surface area contributed by atoms with Crippen LogP contribution in [0.3, 0.4) is 0 Å². The largest absolute Gasteiger partial charge is 0.383 e. The van der Waals surface area contributed by atoms with E-state index in [0.29, 0.717) is 40.6 Å². The van der Waals surface area contributed by atoms with E-state index in [4.69, 9.17) is 21.3 Å². The minimum atomic E-state index is -0.000503. The molecule has 1 fully saturated rings. The number of benzene rings is 2. The number of rotatable bonds is 9. The maximum absolute atomic E-state index is 13.4. The van der Waals surface area contributed by atoms with Crippen molar-refractivity contribution in [3.8, 4) is 0 Å². The highest BCUT2D eigenvalue weighted by Gasteiger charge is 2.33. The highest BCUT2D eigenvalue weighted by molar-refractivity contribution is 6.33. The topological polar surface area (TPSA) is 89.1 Å². The minimum Gasteiger partial charge on any atom is -0.383 e. The first-order valence-corrected chi connectivity index (χ1v) is 16.0. The Kier molecular flexibility index (Phi) is 9.23. The number of nitrogens with zero attached hydrogens (tertiary/aromatic N) is 6. The minimum absolute atomic E-state index is 0.000503. The average Bonchev–Trinajstić information content (AvgIpc) is 3.18. The number of amides is 1. The van der Waals surface area contributed by atoms with E-state index in [0.717, 1.165) is 82.2 Å². The second-order valence-electron chi connectivity index (χ2n) is 12.2. The number of nitrogens with one attached hydrogen (secondary N) is 2. The SMILES string of the molecule is COCCN1CCc2ccc(Nc3ncc(Cl)c(Nc4ccc(N5CCN(C(C)C)CC5)c5c4C(=O)N(C)C5)n3)cc2CC1. The molecule has 0 unspecified atom stereocenters. The summed E-state index contributed by atoms with van der Waals surface area (Å²) in [7, 11) is 3.60. The fourth-order valence-corrected chi connectivity index (χ4v) is 6.62. The summed E-state index contributed by atoms with van der Waals surface area (Å²) in [6, 6.07) is 11.1. The number of ether oxygens (including phenoxy) is 1. The van der Waals surface area contributed by atoms with E-state index >= 15 is 0 Å². The monoisotopic (exact) mass is 618 g/mol. The quantitative estimate of drug-likeness (QED) is 0.352. The van der Waals surface area contributed by atoms with Gasteiger partial charge in [0, 0.05) is 89.5 Å². The normalized spacial score (nSPS) is 17.5. The van der Waals surface area contributed by atoms with E-state index in [1.165, 1.54) is 11.1 Å². The van der Waals surface area contributed by atoms with Crippen molar-refractivity contribution in [2.45, 2.75) is 39.3 Å². The molecule has 3 aliphatic rings. The molecule has 3 aromatic rings. The third-order valence-corrected chi connectivity index (χ3v) is 9.37. The summed E-state index contributed by atoms with van der Waals surface area (Å²) in [4.78, 5) is 31.7. The number of carbonyl (C=O) groups is 1. The summed E-state index contributed by atoms with van der Waals surface area (Å²) in [5, 5.41) is 7.12. The van der Waals surface area contributed by atoms with Gasteiger partial charge in [-0.15, -0.1) is 0 Å². The molecule has 1 amide bonds. The van der Waals surface area contributed by atoms with Crippen LogP contribution in [0.1, 0.15) is 40.9 Å². The molecule has 0 radical (unpaired) electrons. The van der Waals surface area contributed by atoms with Gasteiger partial charge in [-0.25, -0.2) is 4.98 Å². The third-order valence-electron chi connectivity index (χ3n) is 9.10. The second kappa shape index (κ2) is 13.3. The molecule has 44 heavy (non-hydrogen) atoms. The van der Waals surface area contributed by atoms with Crippen LogP contribution >= 0.6 is 11.6 Å². The maximum Gasteiger partial charge on any atom is 0.256 e. The van der Waals surface area contributed by atoms with E-state index in [-0.39, 0.29) is 5.91 Å². The lowest BCUT2D eigenvalue weighted by Gasteiger charge is -2.38. The van der Waals surface area contributed by atoms with Crippen LogP contribution in [0.15, 0.2) is 36.5 Å². The Labute approximate surface area is 265 Å². The third kappa shape index (κ3) is 6.49. The first-order chi connectivity index (χ1) is 21.3. The fourth-order valence-electron chi connectivity index (χ4n) is 6.49. The van der Waals surface area contributed by atoms with Crippen molar-refractivity contribution in [2.24, 2.45) is 0 Å². The number of methoxy groups -OCH3 is 1. The number of hydrogen-bond donors (Lipinski definition) is 2. The van der Waals surface area contributed by atoms with Crippen molar-refractivity contribution in [1.29, 1.82) is 0 Å². The molecule has 4 heterocycles. The van der Waals surface area contributed by atoms with Gasteiger partial charge in [0.05, 0.1) is 24.1 Å². The molecular formula is C33H43ClN8O2. The summed E-state index contributed by atoms with van der Waals surface area (Å²) >= 11 is 6.58. The molecule has 3 aliphatic heterocycles. The standard InChI is InChI=1S/C33H43ClN8O2/c1-22(2)41-13-15-42(16-14-41)29-8-7-28(30-26(29)21-39(3)32(30)43)37-31-27(34)20-35-33(38-31)36-25-6-5-23-9-11-40(17-18-44-4)12-10-24(23)19-25/h5-8,19-20,22H,9-18,21H2,1-4H3,(H2,35,36,37,38). The van der Waals surface area contributed by atoms with Gasteiger partial charge >= 0.3 is 0 Å². The fraction of sp³-hybridized carbons (Fsp3) is 0.485. The maximum atomic E-state index is 13.4. The molecule has 10 nitrogen and oxygen atoms in total. The number of aromatic nitrogens is 2. The Morgan fingerprint density at radius 2 is 1.77 bits per heavy atom. The van der Waals surface area contributed by atoms with Gasteiger partial charge in [0.1, 0.15) is 5.02 Å². The Morgan fingerprint density at radius 1 is 1.00 bits per heavy atom. The predicted octanol–water partition coefficient (Wildman–Crippen LogP) is 4.78. The number of anilines is 5. The molecule has 234 valence electrons. The molecule has 1 saturated heterocycles. The van der Waals surface area contributed by atoms with Gasteiger partial charge in [0.15, 0.2) is 5.82 Å². The van der Waals surface area contributed by atoms with Crippen molar-refractivity contribution in [2.75, 3.05) is 82.1 Å². The van der Waals surface area contributed by atoms with E-state index in [1.807, 2.05) is 13.1 Å². The van der Waals surface area contributed by atoms with Gasteiger partial charge < -0.3 is 30.1 Å². The van der Waals surface area contributed by atoms with E-state index in [1.54, 1.807) is 18.2 Å². The lowest BCUT2D eigenvalue weighted by atomic mass is 10.0. The van der Waals surface area contributed by atoms with E-state index in [2.05, 4.69) is 68.4 Å². The second-order valence-corrected chi connectivity index (χ2v) is 12.6. The van der Waals surface area contributed by atoms with Gasteiger partial charge in [0.2, 0.25) is 5.95 Å². The lowest BCUT2D eigenvalue weighted by Crippen LogP contribution is -2.49. The molecule has 0 atom stereocenters. The molecule has 0 bridgehead atoms. The first kappa shape index (κ1) is 30.6. The Morgan fingerprint density at radius 3 is 2.52 bits per heavy atom. The summed E-state index contributed by atoms with van der Waals surface area (Å²) in [6.45, 7) is 12.7. The smallest absolute Gasteiger partial charge is 0.256 e. The Hall–Kier alpha value is -3.44. The zero-order valence-electron chi connectivity index (χ0n) is 26.2. The molecule has 2 N–H and O–H groups in total. The summed E-state index contributed by atoms with van der Waals surface area (Å²) in [5.41, 5.74) is 7.22.